The lowest BCUT2D eigenvalue weighted by Crippen LogP contribution is -1.99. The summed E-state index contributed by atoms with van der Waals surface area (Å²) in [5.74, 6) is 0. The number of nitro benzene ring substituents is 1. The van der Waals surface area contributed by atoms with Gasteiger partial charge >= 0.3 is 0 Å². The fourth-order valence-electron chi connectivity index (χ4n) is 1.23. The molecule has 4 N–H and O–H groups in total. The number of rotatable bonds is 4. The van der Waals surface area contributed by atoms with E-state index in [1.807, 2.05) is 0 Å². The zero-order chi connectivity index (χ0) is 19.6. The van der Waals surface area contributed by atoms with Crippen molar-refractivity contribution in [2.75, 3.05) is 19.1 Å². The summed E-state index contributed by atoms with van der Waals surface area (Å²) in [4.78, 5) is 9.94. The normalized spacial score (nSPS) is 10.8. The summed E-state index contributed by atoms with van der Waals surface area (Å²) < 4.78 is 51.7. The van der Waals surface area contributed by atoms with Gasteiger partial charge in [0.25, 0.3) is 25.9 Å². The second kappa shape index (κ2) is 11.0. The van der Waals surface area contributed by atoms with Crippen molar-refractivity contribution in [3.8, 4) is 0 Å². The van der Waals surface area contributed by atoms with Crippen molar-refractivity contribution in [2.45, 2.75) is 13.0 Å². The SMILES string of the molecule is CS(=O)(=O)O.CS(=O)(=O)O.O=[N+]([O-])c1ccc(CO)c(CCO)c1. The number of hydrogen-bond acceptors (Lipinski definition) is 8. The highest BCUT2D eigenvalue weighted by Crippen LogP contribution is 2.18. The molecule has 0 saturated heterocycles. The Labute approximate surface area is 139 Å². The van der Waals surface area contributed by atoms with Gasteiger partial charge in [-0.25, -0.2) is 0 Å². The standard InChI is InChI=1S/C9H11NO4.2CH4O3S/c11-4-3-7-5-9(10(13)14)2-1-8(7)6-12;2*1-5(2,3)4/h1-2,5,11-12H,3-4,6H2;2*1H3,(H,2,3,4). The van der Waals surface area contributed by atoms with Crippen molar-refractivity contribution in [1.82, 2.24) is 0 Å². The molecule has 1 rings (SSSR count). The van der Waals surface area contributed by atoms with Gasteiger partial charge in [-0.3, -0.25) is 19.2 Å². The monoisotopic (exact) mass is 389 g/mol. The van der Waals surface area contributed by atoms with Crippen LogP contribution >= 0.6 is 0 Å². The Balaban J connectivity index is 0. The molecule has 1 aromatic carbocycles. The van der Waals surface area contributed by atoms with Gasteiger partial charge in [-0.2, -0.15) is 16.8 Å². The van der Waals surface area contributed by atoms with Crippen LogP contribution in [0.25, 0.3) is 0 Å². The minimum Gasteiger partial charge on any atom is -0.396 e. The average molecular weight is 389 g/mol. The molecule has 1 aromatic rings. The third kappa shape index (κ3) is 18.4. The summed E-state index contributed by atoms with van der Waals surface area (Å²) in [5, 5.41) is 28.1. The van der Waals surface area contributed by atoms with E-state index in [2.05, 4.69) is 0 Å². The second-order valence-corrected chi connectivity index (χ2v) is 7.24. The third-order valence-corrected chi connectivity index (χ3v) is 1.95. The highest BCUT2D eigenvalue weighted by atomic mass is 32.2. The number of benzene rings is 1. The lowest BCUT2D eigenvalue weighted by atomic mass is 10.0. The van der Waals surface area contributed by atoms with Crippen LogP contribution in [0.3, 0.4) is 0 Å². The van der Waals surface area contributed by atoms with Gasteiger partial charge in [0.05, 0.1) is 24.0 Å². The van der Waals surface area contributed by atoms with Crippen LogP contribution in [-0.2, 0) is 33.3 Å². The Morgan fingerprint density at radius 1 is 1.00 bits per heavy atom. The molecule has 0 radical (unpaired) electrons. The van der Waals surface area contributed by atoms with Crippen LogP contribution in [0.4, 0.5) is 5.69 Å². The van der Waals surface area contributed by atoms with E-state index in [-0.39, 0.29) is 18.9 Å². The Kier molecular flexibility index (Phi) is 11.3. The zero-order valence-electron chi connectivity index (χ0n) is 12.9. The predicted octanol–water partition coefficient (Wildman–Crippen LogP) is -0.370. The summed E-state index contributed by atoms with van der Waals surface area (Å²) in [6.07, 6.45) is 1.75. The van der Waals surface area contributed by atoms with Gasteiger partial charge in [-0.15, -0.1) is 0 Å². The van der Waals surface area contributed by atoms with E-state index in [1.165, 1.54) is 18.2 Å². The van der Waals surface area contributed by atoms with Gasteiger partial charge in [-0.1, -0.05) is 0 Å². The minimum absolute atomic E-state index is 0.0225. The smallest absolute Gasteiger partial charge is 0.269 e. The van der Waals surface area contributed by atoms with Crippen LogP contribution in [-0.4, -0.2) is 60.2 Å². The molecule has 0 aromatic heterocycles. The molecule has 0 fully saturated rings. The highest BCUT2D eigenvalue weighted by Gasteiger charge is 2.09. The first-order valence-corrected chi connectivity index (χ1v) is 9.71. The fourth-order valence-corrected chi connectivity index (χ4v) is 1.23. The van der Waals surface area contributed by atoms with Crippen LogP contribution in [0.1, 0.15) is 11.1 Å². The van der Waals surface area contributed by atoms with Gasteiger partial charge in [0.2, 0.25) is 0 Å². The number of hydrogen-bond donors (Lipinski definition) is 4. The van der Waals surface area contributed by atoms with Crippen molar-refractivity contribution >= 4 is 25.9 Å². The van der Waals surface area contributed by atoms with Crippen LogP contribution in [0.15, 0.2) is 18.2 Å². The van der Waals surface area contributed by atoms with E-state index in [0.717, 1.165) is 0 Å². The van der Waals surface area contributed by atoms with Crippen molar-refractivity contribution < 1.29 is 41.1 Å². The lowest BCUT2D eigenvalue weighted by molar-refractivity contribution is -0.384. The summed E-state index contributed by atoms with van der Waals surface area (Å²) in [5.41, 5.74) is 1.21. The minimum atomic E-state index is -3.67. The maximum absolute atomic E-state index is 10.4. The van der Waals surface area contributed by atoms with Crippen molar-refractivity contribution in [3.05, 3.63) is 39.4 Å². The van der Waals surface area contributed by atoms with E-state index >= 15 is 0 Å². The molecule has 0 aliphatic rings. The Morgan fingerprint density at radius 3 is 1.71 bits per heavy atom. The fraction of sp³-hybridized carbons (Fsp3) is 0.455. The molecule has 0 aliphatic heterocycles. The number of aliphatic hydroxyl groups excluding tert-OH is 2. The van der Waals surface area contributed by atoms with Crippen LogP contribution in [0.5, 0.6) is 0 Å². The van der Waals surface area contributed by atoms with Gasteiger partial charge < -0.3 is 10.2 Å². The van der Waals surface area contributed by atoms with Crippen molar-refractivity contribution in [3.63, 3.8) is 0 Å². The topological polar surface area (TPSA) is 192 Å². The molecule has 0 bridgehead atoms. The lowest BCUT2D eigenvalue weighted by Gasteiger charge is -2.04. The van der Waals surface area contributed by atoms with Crippen LogP contribution in [0, 0.1) is 10.1 Å². The first kappa shape index (κ1) is 24.6. The second-order valence-electron chi connectivity index (χ2n) is 4.31. The maximum atomic E-state index is 10.4. The molecule has 0 spiro atoms. The summed E-state index contributed by atoms with van der Waals surface area (Å²) >= 11 is 0. The van der Waals surface area contributed by atoms with Crippen molar-refractivity contribution in [2.24, 2.45) is 0 Å². The molecular formula is C11H19NO10S2. The van der Waals surface area contributed by atoms with Gasteiger partial charge in [0.15, 0.2) is 0 Å². The predicted molar refractivity (Wildman–Crippen MR) is 84.8 cm³/mol. The molecule has 0 heterocycles. The van der Waals surface area contributed by atoms with E-state index in [9.17, 15) is 26.9 Å². The molecular weight excluding hydrogens is 370 g/mol. The molecule has 0 aliphatic carbocycles. The maximum Gasteiger partial charge on any atom is 0.269 e. The molecule has 11 nitrogen and oxygen atoms in total. The van der Waals surface area contributed by atoms with Gasteiger partial charge in [0, 0.05) is 18.7 Å². The largest absolute Gasteiger partial charge is 0.396 e. The first-order valence-electron chi connectivity index (χ1n) is 6.01. The molecule has 13 heteroatoms. The van der Waals surface area contributed by atoms with Crippen LogP contribution < -0.4 is 0 Å². The quantitative estimate of drug-likeness (QED) is 0.300. The summed E-state index contributed by atoms with van der Waals surface area (Å²) in [6, 6.07) is 4.22. The molecule has 140 valence electrons. The molecule has 0 amide bonds. The number of nitro groups is 1. The third-order valence-electron chi connectivity index (χ3n) is 1.95. The Morgan fingerprint density at radius 2 is 1.42 bits per heavy atom. The van der Waals surface area contributed by atoms with Crippen LogP contribution in [0.2, 0.25) is 0 Å². The molecule has 0 atom stereocenters. The number of nitrogens with zero attached hydrogens (tertiary/aromatic N) is 1. The van der Waals surface area contributed by atoms with Gasteiger partial charge in [0.1, 0.15) is 0 Å². The zero-order valence-corrected chi connectivity index (χ0v) is 14.5. The van der Waals surface area contributed by atoms with E-state index in [0.29, 0.717) is 30.1 Å². The van der Waals surface area contributed by atoms with E-state index < -0.39 is 25.2 Å². The van der Waals surface area contributed by atoms with Crippen molar-refractivity contribution in [1.29, 1.82) is 0 Å². The first-order chi connectivity index (χ1) is 10.7. The molecule has 24 heavy (non-hydrogen) atoms. The number of aliphatic hydroxyl groups is 2. The van der Waals surface area contributed by atoms with E-state index in [1.54, 1.807) is 0 Å². The van der Waals surface area contributed by atoms with E-state index in [4.69, 9.17) is 19.3 Å². The molecule has 0 saturated carbocycles. The van der Waals surface area contributed by atoms with Gasteiger partial charge in [-0.05, 0) is 23.6 Å². The average Bonchev–Trinajstić information content (AvgIpc) is 2.35. The highest BCUT2D eigenvalue weighted by molar-refractivity contribution is 7.85. The number of non-ortho nitro benzene ring substituents is 1. The summed E-state index contributed by atoms with van der Waals surface area (Å²) in [7, 11) is -7.33. The summed E-state index contributed by atoms with van der Waals surface area (Å²) in [6.45, 7) is -0.262. The Bertz CT molecular complexity index is 681. The molecule has 0 unspecified atom stereocenters. The Hall–Kier alpha value is -1.64.